The van der Waals surface area contributed by atoms with Gasteiger partial charge >= 0.3 is 0 Å². The third-order valence-corrected chi connectivity index (χ3v) is 3.21. The topological polar surface area (TPSA) is 63.4 Å². The van der Waals surface area contributed by atoms with Crippen LogP contribution in [0.1, 0.15) is 20.3 Å². The number of hydrogen-bond acceptors (Lipinski definition) is 4. The number of nitrogens with two attached hydrogens (primary N) is 1. The quantitative estimate of drug-likeness (QED) is 0.685. The van der Waals surface area contributed by atoms with Crippen LogP contribution in [0.4, 0.5) is 0 Å². The highest BCUT2D eigenvalue weighted by molar-refractivity contribution is 8.00. The zero-order chi connectivity index (χ0) is 10.8. The predicted octanol–water partition coefficient (Wildman–Crippen LogP) is 0.216. The van der Waals surface area contributed by atoms with Crippen LogP contribution in [0.5, 0.6) is 0 Å². The van der Waals surface area contributed by atoms with Crippen molar-refractivity contribution in [3.63, 3.8) is 0 Å². The summed E-state index contributed by atoms with van der Waals surface area (Å²) in [5.74, 6) is 0.619. The first-order chi connectivity index (χ1) is 6.49. The van der Waals surface area contributed by atoms with Crippen LogP contribution in [0, 0.1) is 0 Å². The zero-order valence-electron chi connectivity index (χ0n) is 8.58. The van der Waals surface area contributed by atoms with Gasteiger partial charge in [-0.1, -0.05) is 0 Å². The molecule has 2 amide bonds. The molecule has 0 unspecified atom stereocenters. The molecule has 0 saturated carbocycles. The van der Waals surface area contributed by atoms with Crippen LogP contribution in [-0.4, -0.2) is 40.3 Å². The standard InChI is InChI=1S/C9H16N2O2S/c1-9(2,3-4-10)11-7(12)5-14-6-8(11)13/h3-6,10H2,1-2H3. The molecule has 0 atom stereocenters. The summed E-state index contributed by atoms with van der Waals surface area (Å²) in [7, 11) is 0. The second-order valence-electron chi connectivity index (χ2n) is 3.97. The molecule has 0 radical (unpaired) electrons. The Morgan fingerprint density at radius 3 is 2.29 bits per heavy atom. The van der Waals surface area contributed by atoms with Crippen molar-refractivity contribution in [2.75, 3.05) is 18.1 Å². The molecular weight excluding hydrogens is 200 g/mol. The lowest BCUT2D eigenvalue weighted by molar-refractivity contribution is -0.148. The Morgan fingerprint density at radius 1 is 1.36 bits per heavy atom. The van der Waals surface area contributed by atoms with E-state index >= 15 is 0 Å². The molecule has 1 saturated heterocycles. The molecule has 0 aromatic rings. The minimum absolute atomic E-state index is 0.0929. The van der Waals surface area contributed by atoms with E-state index in [9.17, 15) is 9.59 Å². The van der Waals surface area contributed by atoms with Gasteiger partial charge in [0.15, 0.2) is 0 Å². The summed E-state index contributed by atoms with van der Waals surface area (Å²) in [6, 6.07) is 0. The molecular formula is C9H16N2O2S. The first-order valence-corrected chi connectivity index (χ1v) is 5.78. The van der Waals surface area contributed by atoms with E-state index in [1.54, 1.807) is 0 Å². The minimum atomic E-state index is -0.441. The van der Waals surface area contributed by atoms with Crippen LogP contribution >= 0.6 is 11.8 Å². The predicted molar refractivity (Wildman–Crippen MR) is 56.9 cm³/mol. The van der Waals surface area contributed by atoms with E-state index in [1.165, 1.54) is 16.7 Å². The van der Waals surface area contributed by atoms with E-state index < -0.39 is 5.54 Å². The smallest absolute Gasteiger partial charge is 0.239 e. The van der Waals surface area contributed by atoms with E-state index in [2.05, 4.69) is 0 Å². The lowest BCUT2D eigenvalue weighted by Crippen LogP contribution is -2.55. The molecule has 80 valence electrons. The Kier molecular flexibility index (Phi) is 3.55. The van der Waals surface area contributed by atoms with Gasteiger partial charge in [-0.25, -0.2) is 0 Å². The number of rotatable bonds is 3. The molecule has 2 N–H and O–H groups in total. The maximum absolute atomic E-state index is 11.6. The number of nitrogens with zero attached hydrogens (tertiary/aromatic N) is 1. The highest BCUT2D eigenvalue weighted by Gasteiger charge is 2.37. The van der Waals surface area contributed by atoms with Crippen molar-refractivity contribution in [1.82, 2.24) is 4.90 Å². The Morgan fingerprint density at radius 2 is 1.86 bits per heavy atom. The van der Waals surface area contributed by atoms with Gasteiger partial charge in [-0.15, -0.1) is 11.8 Å². The number of carbonyl (C=O) groups excluding carboxylic acids is 2. The first kappa shape index (κ1) is 11.5. The second kappa shape index (κ2) is 4.31. The van der Waals surface area contributed by atoms with E-state index in [-0.39, 0.29) is 11.8 Å². The average Bonchev–Trinajstić information content (AvgIpc) is 2.02. The molecule has 0 aliphatic carbocycles. The van der Waals surface area contributed by atoms with E-state index in [0.717, 1.165) is 0 Å². The summed E-state index contributed by atoms with van der Waals surface area (Å²) in [6.07, 6.45) is 0.648. The zero-order valence-corrected chi connectivity index (χ0v) is 9.39. The fraction of sp³-hybridized carbons (Fsp3) is 0.778. The summed E-state index contributed by atoms with van der Waals surface area (Å²) >= 11 is 1.38. The number of hydrogen-bond donors (Lipinski definition) is 1. The van der Waals surface area contributed by atoms with Crippen molar-refractivity contribution in [3.8, 4) is 0 Å². The molecule has 0 bridgehead atoms. The monoisotopic (exact) mass is 216 g/mol. The highest BCUT2D eigenvalue weighted by atomic mass is 32.2. The van der Waals surface area contributed by atoms with E-state index in [1.807, 2.05) is 13.8 Å². The van der Waals surface area contributed by atoms with Crippen molar-refractivity contribution >= 4 is 23.6 Å². The number of carbonyl (C=O) groups is 2. The second-order valence-corrected chi connectivity index (χ2v) is 4.95. The first-order valence-electron chi connectivity index (χ1n) is 4.63. The molecule has 0 aromatic carbocycles. The minimum Gasteiger partial charge on any atom is -0.330 e. The van der Waals surface area contributed by atoms with Crippen molar-refractivity contribution in [2.24, 2.45) is 5.73 Å². The van der Waals surface area contributed by atoms with Gasteiger partial charge in [-0.2, -0.15) is 0 Å². The molecule has 0 spiro atoms. The van der Waals surface area contributed by atoms with Gasteiger partial charge in [0.05, 0.1) is 11.5 Å². The van der Waals surface area contributed by atoms with Crippen LogP contribution in [0.15, 0.2) is 0 Å². The Bertz CT molecular complexity index is 237. The Balaban J connectivity index is 2.81. The maximum atomic E-state index is 11.6. The summed E-state index contributed by atoms with van der Waals surface area (Å²) in [5.41, 5.74) is 5.02. The van der Waals surface area contributed by atoms with E-state index in [0.29, 0.717) is 24.5 Å². The van der Waals surface area contributed by atoms with Gasteiger partial charge in [0.25, 0.3) is 0 Å². The van der Waals surface area contributed by atoms with Gasteiger partial charge in [-0.05, 0) is 26.8 Å². The molecule has 1 aliphatic heterocycles. The van der Waals surface area contributed by atoms with Crippen LogP contribution in [0.2, 0.25) is 0 Å². The van der Waals surface area contributed by atoms with Crippen molar-refractivity contribution in [1.29, 1.82) is 0 Å². The number of amides is 2. The molecule has 14 heavy (non-hydrogen) atoms. The fourth-order valence-electron chi connectivity index (χ4n) is 1.63. The largest absolute Gasteiger partial charge is 0.330 e. The van der Waals surface area contributed by atoms with Crippen LogP contribution in [-0.2, 0) is 9.59 Å². The third kappa shape index (κ3) is 2.27. The summed E-state index contributed by atoms with van der Waals surface area (Å²) in [5, 5.41) is 0. The van der Waals surface area contributed by atoms with Crippen molar-refractivity contribution in [2.45, 2.75) is 25.8 Å². The number of thioether (sulfide) groups is 1. The fourth-order valence-corrected chi connectivity index (χ4v) is 2.34. The lowest BCUT2D eigenvalue weighted by Gasteiger charge is -2.38. The highest BCUT2D eigenvalue weighted by Crippen LogP contribution is 2.24. The number of imide groups is 1. The molecule has 1 fully saturated rings. The van der Waals surface area contributed by atoms with Gasteiger partial charge in [-0.3, -0.25) is 14.5 Å². The van der Waals surface area contributed by atoms with Gasteiger partial charge in [0, 0.05) is 5.54 Å². The SMILES string of the molecule is CC(C)(CCN)N1C(=O)CSCC1=O. The maximum Gasteiger partial charge on any atom is 0.239 e. The van der Waals surface area contributed by atoms with Crippen LogP contribution < -0.4 is 5.73 Å². The van der Waals surface area contributed by atoms with Crippen molar-refractivity contribution < 1.29 is 9.59 Å². The third-order valence-electron chi connectivity index (χ3n) is 2.31. The van der Waals surface area contributed by atoms with E-state index in [4.69, 9.17) is 5.73 Å². The van der Waals surface area contributed by atoms with Crippen molar-refractivity contribution in [3.05, 3.63) is 0 Å². The molecule has 1 heterocycles. The molecule has 5 heteroatoms. The van der Waals surface area contributed by atoms with Crippen LogP contribution in [0.3, 0.4) is 0 Å². The molecule has 1 aliphatic rings. The van der Waals surface area contributed by atoms with Crippen LogP contribution in [0.25, 0.3) is 0 Å². The normalized spacial score (nSPS) is 18.9. The molecule has 1 rings (SSSR count). The summed E-state index contributed by atoms with van der Waals surface area (Å²) < 4.78 is 0. The van der Waals surface area contributed by atoms with Gasteiger partial charge < -0.3 is 5.73 Å². The average molecular weight is 216 g/mol. The Labute approximate surface area is 88.2 Å². The summed E-state index contributed by atoms with van der Waals surface area (Å²) in [4.78, 5) is 24.5. The van der Waals surface area contributed by atoms with Gasteiger partial charge in [0.2, 0.25) is 11.8 Å². The molecule has 0 aromatic heterocycles. The lowest BCUT2D eigenvalue weighted by atomic mass is 9.98. The summed E-state index contributed by atoms with van der Waals surface area (Å²) in [6.45, 7) is 4.24. The molecule has 4 nitrogen and oxygen atoms in total. The Hall–Kier alpha value is -0.550. The van der Waals surface area contributed by atoms with Gasteiger partial charge in [0.1, 0.15) is 0 Å².